The number of para-hydroxylation sites is 3. The highest BCUT2D eigenvalue weighted by Crippen LogP contribution is 2.67. The molecule has 3 aliphatic carbocycles. The van der Waals surface area contributed by atoms with Gasteiger partial charge in [-0.15, -0.1) is 0 Å². The summed E-state index contributed by atoms with van der Waals surface area (Å²) >= 11 is 0. The van der Waals surface area contributed by atoms with Gasteiger partial charge in [0.1, 0.15) is 11.5 Å². The summed E-state index contributed by atoms with van der Waals surface area (Å²) in [6.07, 6.45) is 3.94. The van der Waals surface area contributed by atoms with Crippen LogP contribution in [0.2, 0.25) is 0 Å². The summed E-state index contributed by atoms with van der Waals surface area (Å²) in [5, 5.41) is 2.43. The Morgan fingerprint density at radius 2 is 0.969 bits per heavy atom. The van der Waals surface area contributed by atoms with E-state index in [4.69, 9.17) is 14.7 Å². The van der Waals surface area contributed by atoms with Gasteiger partial charge in [-0.3, -0.25) is 9.97 Å². The van der Waals surface area contributed by atoms with Gasteiger partial charge in [-0.05, 0) is 116 Å². The third-order valence-corrected chi connectivity index (χ3v) is 14.8. The molecule has 0 amide bonds. The zero-order valence-electron chi connectivity index (χ0n) is 34.5. The minimum Gasteiger partial charge on any atom is -0.457 e. The SMILES string of the molecule is c1ccc(-n2c3ccccc3c3cc(-c4cnc5c(c4)C4(c6ccccc6Oc6cc7c(cc64)-c4ccccc4C74c6ccccc6-c6ccccc64)c4cccnc4-5)ccc32)cc1. The lowest BCUT2D eigenvalue weighted by molar-refractivity contribution is 0.435. The molecule has 0 saturated heterocycles. The molecule has 4 heteroatoms. The standard InChI is InChI=1S/C60H35N3O/c1-2-15-38(16-3-1)63-53-26-12-7-20-42(53)44-31-36(28-29-54(44)63)37-32-52-58(62-35-37)57-49(25-14-30-61-57)60(52)48-24-11-13-27-55(48)64-56-34-50-43(33-51(56)60)41-19-6-10-23-47(41)59(50)45-21-8-4-17-39(45)40-18-5-9-22-46(40)59/h1-35H. The first-order valence-corrected chi connectivity index (χ1v) is 22.1. The Labute approximate surface area is 369 Å². The molecule has 4 aliphatic rings. The Bertz CT molecular complexity index is 3800. The number of nitrogens with zero attached hydrogens (tertiary/aromatic N) is 3. The van der Waals surface area contributed by atoms with E-state index in [0.717, 1.165) is 62.0 Å². The zero-order valence-corrected chi connectivity index (χ0v) is 34.5. The van der Waals surface area contributed by atoms with Crippen molar-refractivity contribution in [2.24, 2.45) is 0 Å². The minimum absolute atomic E-state index is 0.494. The van der Waals surface area contributed by atoms with Crippen LogP contribution < -0.4 is 4.74 Å². The van der Waals surface area contributed by atoms with Crippen LogP contribution in [0.5, 0.6) is 11.5 Å². The van der Waals surface area contributed by atoms with E-state index in [9.17, 15) is 0 Å². The van der Waals surface area contributed by atoms with Gasteiger partial charge in [-0.1, -0.05) is 140 Å². The average molecular weight is 814 g/mol. The molecule has 1 atom stereocenters. The molecule has 15 rings (SSSR count). The predicted molar refractivity (Wildman–Crippen MR) is 255 cm³/mol. The number of aromatic nitrogens is 3. The number of benzene rings is 8. The Morgan fingerprint density at radius 1 is 0.359 bits per heavy atom. The van der Waals surface area contributed by atoms with Crippen LogP contribution in [-0.4, -0.2) is 14.5 Å². The molecule has 11 aromatic rings. The molecular formula is C60H35N3O. The maximum atomic E-state index is 7.20. The van der Waals surface area contributed by atoms with Gasteiger partial charge in [-0.2, -0.15) is 0 Å². The molecule has 3 aromatic heterocycles. The van der Waals surface area contributed by atoms with Crippen LogP contribution in [0.4, 0.5) is 0 Å². The smallest absolute Gasteiger partial charge is 0.132 e. The third kappa shape index (κ3) is 4.05. The van der Waals surface area contributed by atoms with Crippen molar-refractivity contribution in [3.8, 4) is 62.0 Å². The molecule has 0 bridgehead atoms. The van der Waals surface area contributed by atoms with Gasteiger partial charge < -0.3 is 9.30 Å². The topological polar surface area (TPSA) is 39.9 Å². The maximum Gasteiger partial charge on any atom is 0.132 e. The molecule has 2 spiro atoms. The van der Waals surface area contributed by atoms with Crippen molar-refractivity contribution in [2.45, 2.75) is 10.8 Å². The minimum atomic E-state index is -0.759. The predicted octanol–water partition coefficient (Wildman–Crippen LogP) is 14.1. The Kier molecular flexibility index (Phi) is 6.52. The lowest BCUT2D eigenvalue weighted by Crippen LogP contribution is -2.33. The lowest BCUT2D eigenvalue weighted by atomic mass is 9.65. The summed E-state index contributed by atoms with van der Waals surface area (Å²) in [6, 6.07) is 73.3. The summed E-state index contributed by atoms with van der Waals surface area (Å²) in [5.74, 6) is 1.70. The van der Waals surface area contributed by atoms with Gasteiger partial charge in [0.25, 0.3) is 0 Å². The largest absolute Gasteiger partial charge is 0.457 e. The lowest BCUT2D eigenvalue weighted by Gasteiger charge is -2.40. The Hall–Kier alpha value is -8.34. The number of ether oxygens (including phenoxy) is 1. The first-order chi connectivity index (χ1) is 31.7. The van der Waals surface area contributed by atoms with E-state index in [2.05, 4.69) is 205 Å². The second-order valence-electron chi connectivity index (χ2n) is 17.6. The van der Waals surface area contributed by atoms with E-state index >= 15 is 0 Å². The monoisotopic (exact) mass is 813 g/mol. The van der Waals surface area contributed by atoms with Gasteiger partial charge in [0.05, 0.1) is 33.3 Å². The normalized spacial score (nSPS) is 16.1. The van der Waals surface area contributed by atoms with Crippen molar-refractivity contribution in [2.75, 3.05) is 0 Å². The van der Waals surface area contributed by atoms with Gasteiger partial charge >= 0.3 is 0 Å². The van der Waals surface area contributed by atoms with Crippen molar-refractivity contribution in [1.29, 1.82) is 0 Å². The van der Waals surface area contributed by atoms with Crippen molar-refractivity contribution in [3.05, 3.63) is 257 Å². The number of hydrogen-bond acceptors (Lipinski definition) is 3. The zero-order chi connectivity index (χ0) is 41.7. The molecule has 4 nitrogen and oxygen atoms in total. The molecule has 1 aliphatic heterocycles. The number of hydrogen-bond donors (Lipinski definition) is 0. The average Bonchev–Trinajstić information content (AvgIpc) is 4.04. The highest BCUT2D eigenvalue weighted by atomic mass is 16.5. The molecule has 296 valence electrons. The van der Waals surface area contributed by atoms with E-state index in [0.29, 0.717) is 0 Å². The molecule has 0 N–H and O–H groups in total. The molecule has 0 saturated carbocycles. The van der Waals surface area contributed by atoms with Crippen LogP contribution in [0, 0.1) is 0 Å². The fourth-order valence-electron chi connectivity index (χ4n) is 12.4. The summed E-state index contributed by atoms with van der Waals surface area (Å²) in [6.45, 7) is 0. The van der Waals surface area contributed by atoms with Gasteiger partial charge in [0.15, 0.2) is 0 Å². The van der Waals surface area contributed by atoms with Crippen LogP contribution in [0.1, 0.15) is 44.5 Å². The summed E-state index contributed by atoms with van der Waals surface area (Å²) in [7, 11) is 0. The fraction of sp³-hybridized carbons (Fsp3) is 0.0333. The second-order valence-corrected chi connectivity index (χ2v) is 17.6. The second kappa shape index (κ2) is 12.2. The Balaban J connectivity index is 1.01. The Morgan fingerprint density at radius 3 is 1.75 bits per heavy atom. The number of pyridine rings is 2. The molecule has 0 fully saturated rings. The molecule has 0 radical (unpaired) electrons. The molecule has 64 heavy (non-hydrogen) atoms. The maximum absolute atomic E-state index is 7.20. The van der Waals surface area contributed by atoms with Crippen molar-refractivity contribution >= 4 is 21.8 Å². The van der Waals surface area contributed by atoms with E-state index in [-0.39, 0.29) is 0 Å². The fourth-order valence-corrected chi connectivity index (χ4v) is 12.4. The summed E-state index contributed by atoms with van der Waals surface area (Å²) in [4.78, 5) is 10.5. The number of rotatable bonds is 2. The van der Waals surface area contributed by atoms with E-state index in [1.54, 1.807) is 0 Å². The van der Waals surface area contributed by atoms with Crippen molar-refractivity contribution in [1.82, 2.24) is 14.5 Å². The van der Waals surface area contributed by atoms with Gasteiger partial charge in [0.2, 0.25) is 0 Å². The molecular weight excluding hydrogens is 779 g/mol. The van der Waals surface area contributed by atoms with Crippen molar-refractivity contribution < 1.29 is 4.74 Å². The van der Waals surface area contributed by atoms with Crippen LogP contribution >= 0.6 is 0 Å². The molecule has 8 aromatic carbocycles. The van der Waals surface area contributed by atoms with Crippen LogP contribution in [0.25, 0.3) is 72.3 Å². The van der Waals surface area contributed by atoms with Gasteiger partial charge in [-0.25, -0.2) is 0 Å². The van der Waals surface area contributed by atoms with E-state index in [1.807, 2.05) is 12.4 Å². The van der Waals surface area contributed by atoms with Crippen LogP contribution in [-0.2, 0) is 10.8 Å². The van der Waals surface area contributed by atoms with E-state index in [1.165, 1.54) is 66.3 Å². The van der Waals surface area contributed by atoms with Crippen LogP contribution in [0.15, 0.2) is 213 Å². The van der Waals surface area contributed by atoms with Crippen molar-refractivity contribution in [3.63, 3.8) is 0 Å². The highest BCUT2D eigenvalue weighted by Gasteiger charge is 2.56. The molecule has 4 heterocycles. The first-order valence-electron chi connectivity index (χ1n) is 22.1. The third-order valence-electron chi connectivity index (χ3n) is 14.8. The highest BCUT2D eigenvalue weighted by molar-refractivity contribution is 6.10. The summed E-state index contributed by atoms with van der Waals surface area (Å²) in [5.41, 5.74) is 20.9. The molecule has 1 unspecified atom stereocenters. The quantitative estimate of drug-likeness (QED) is 0.175. The number of fused-ring (bicyclic) bond motifs is 22. The van der Waals surface area contributed by atoms with E-state index < -0.39 is 10.8 Å². The van der Waals surface area contributed by atoms with Gasteiger partial charge in [0, 0.05) is 51.1 Å². The summed E-state index contributed by atoms with van der Waals surface area (Å²) < 4.78 is 9.56. The van der Waals surface area contributed by atoms with Crippen LogP contribution in [0.3, 0.4) is 0 Å². The first kappa shape index (κ1) is 34.3.